The number of carbonyl (C=O) groups excluding carboxylic acids is 1. The van der Waals surface area contributed by atoms with Gasteiger partial charge in [0.05, 0.1) is 6.54 Å². The second-order valence-corrected chi connectivity index (χ2v) is 6.50. The molecule has 1 N–H and O–H groups in total. The lowest BCUT2D eigenvalue weighted by molar-refractivity contribution is 0.0275. The Kier molecular flexibility index (Phi) is 4.52. The van der Waals surface area contributed by atoms with E-state index in [4.69, 9.17) is 21.1 Å². The number of phenols is 1. The van der Waals surface area contributed by atoms with E-state index in [0.29, 0.717) is 30.3 Å². The van der Waals surface area contributed by atoms with Crippen LogP contribution in [-0.2, 0) is 4.74 Å². The van der Waals surface area contributed by atoms with Crippen molar-refractivity contribution in [3.8, 4) is 11.5 Å². The zero-order valence-corrected chi connectivity index (χ0v) is 13.2. The molecule has 1 saturated heterocycles. The normalized spacial score (nSPS) is 18.7. The molecule has 2 rings (SSSR count). The van der Waals surface area contributed by atoms with Crippen LogP contribution in [0.4, 0.5) is 4.79 Å². The molecule has 0 saturated carbocycles. The van der Waals surface area contributed by atoms with E-state index in [-0.39, 0.29) is 17.9 Å². The molecule has 1 aliphatic heterocycles. The van der Waals surface area contributed by atoms with Gasteiger partial charge in [0, 0.05) is 24.1 Å². The Balaban J connectivity index is 1.92. The van der Waals surface area contributed by atoms with Crippen molar-refractivity contribution in [1.82, 2.24) is 4.90 Å². The lowest BCUT2D eigenvalue weighted by atomic mass is 10.2. The Labute approximate surface area is 129 Å². The Morgan fingerprint density at radius 2 is 2.14 bits per heavy atom. The fourth-order valence-corrected chi connectivity index (χ4v) is 2.25. The molecule has 6 heteroatoms. The summed E-state index contributed by atoms with van der Waals surface area (Å²) in [5, 5.41) is 10.2. The molecular formula is C15H20ClNO4. The lowest BCUT2D eigenvalue weighted by Crippen LogP contribution is -2.36. The number of benzene rings is 1. The van der Waals surface area contributed by atoms with Crippen molar-refractivity contribution in [1.29, 1.82) is 0 Å². The third kappa shape index (κ3) is 4.43. The van der Waals surface area contributed by atoms with E-state index in [1.54, 1.807) is 17.0 Å². The molecule has 1 aromatic rings. The Morgan fingerprint density at radius 3 is 2.76 bits per heavy atom. The fourth-order valence-electron chi connectivity index (χ4n) is 2.09. The first-order valence-electron chi connectivity index (χ1n) is 6.88. The standard InChI is InChI=1S/C15H20ClNO4/c1-15(2,3)21-14(19)17-7-6-11(9-17)20-13-5-4-10(16)8-12(13)18/h4-5,8,11,18H,6-7,9H2,1-3H3. The Morgan fingerprint density at radius 1 is 1.43 bits per heavy atom. The number of rotatable bonds is 2. The summed E-state index contributed by atoms with van der Waals surface area (Å²) in [5.74, 6) is 0.369. The number of aromatic hydroxyl groups is 1. The number of halogens is 1. The molecule has 1 fully saturated rings. The molecular weight excluding hydrogens is 294 g/mol. The van der Waals surface area contributed by atoms with Crippen LogP contribution in [0.3, 0.4) is 0 Å². The SMILES string of the molecule is CC(C)(C)OC(=O)N1CCC(Oc2ccc(Cl)cc2O)C1. The summed E-state index contributed by atoms with van der Waals surface area (Å²) in [4.78, 5) is 13.6. The highest BCUT2D eigenvalue weighted by molar-refractivity contribution is 6.30. The van der Waals surface area contributed by atoms with Crippen LogP contribution in [0.15, 0.2) is 18.2 Å². The number of likely N-dealkylation sites (tertiary alicyclic amines) is 1. The van der Waals surface area contributed by atoms with E-state index < -0.39 is 5.60 Å². The number of hydrogen-bond acceptors (Lipinski definition) is 4. The average molecular weight is 314 g/mol. The van der Waals surface area contributed by atoms with Gasteiger partial charge >= 0.3 is 6.09 Å². The highest BCUT2D eigenvalue weighted by atomic mass is 35.5. The summed E-state index contributed by atoms with van der Waals surface area (Å²) in [5.41, 5.74) is -0.509. The van der Waals surface area contributed by atoms with Crippen LogP contribution < -0.4 is 4.74 Å². The number of carbonyl (C=O) groups is 1. The lowest BCUT2D eigenvalue weighted by Gasteiger charge is -2.24. The second kappa shape index (κ2) is 6.02. The number of hydrogen-bond donors (Lipinski definition) is 1. The van der Waals surface area contributed by atoms with Gasteiger partial charge in [0.15, 0.2) is 11.5 Å². The summed E-state index contributed by atoms with van der Waals surface area (Å²) in [6.07, 6.45) is 0.194. The van der Waals surface area contributed by atoms with Crippen molar-refractivity contribution in [3.05, 3.63) is 23.2 Å². The molecule has 0 aliphatic carbocycles. The predicted octanol–water partition coefficient (Wildman–Crippen LogP) is 3.43. The molecule has 1 atom stereocenters. The Bertz CT molecular complexity index is 527. The van der Waals surface area contributed by atoms with E-state index in [0.717, 1.165) is 0 Å². The van der Waals surface area contributed by atoms with Crippen molar-refractivity contribution in [3.63, 3.8) is 0 Å². The summed E-state index contributed by atoms with van der Waals surface area (Å²) in [7, 11) is 0. The molecule has 1 unspecified atom stereocenters. The van der Waals surface area contributed by atoms with E-state index >= 15 is 0 Å². The number of ether oxygens (including phenoxy) is 2. The highest BCUT2D eigenvalue weighted by Crippen LogP contribution is 2.31. The molecule has 1 aliphatic rings. The molecule has 0 bridgehead atoms. The van der Waals surface area contributed by atoms with Crippen LogP contribution in [0.2, 0.25) is 5.02 Å². The minimum atomic E-state index is -0.509. The van der Waals surface area contributed by atoms with Gasteiger partial charge in [-0.25, -0.2) is 4.79 Å². The second-order valence-electron chi connectivity index (χ2n) is 6.07. The van der Waals surface area contributed by atoms with Crippen LogP contribution in [-0.4, -0.2) is 40.9 Å². The molecule has 1 amide bonds. The topological polar surface area (TPSA) is 59.0 Å². The minimum Gasteiger partial charge on any atom is -0.504 e. The number of phenolic OH excluding ortho intramolecular Hbond substituents is 1. The van der Waals surface area contributed by atoms with Gasteiger partial charge in [0.25, 0.3) is 0 Å². The van der Waals surface area contributed by atoms with Crippen LogP contribution in [0, 0.1) is 0 Å². The van der Waals surface area contributed by atoms with Crippen LogP contribution in [0.5, 0.6) is 11.5 Å². The zero-order chi connectivity index (χ0) is 15.6. The van der Waals surface area contributed by atoms with Gasteiger partial charge in [0.2, 0.25) is 0 Å². The van der Waals surface area contributed by atoms with Crippen molar-refractivity contribution < 1.29 is 19.4 Å². The summed E-state index contributed by atoms with van der Waals surface area (Å²) >= 11 is 5.77. The van der Waals surface area contributed by atoms with Crippen molar-refractivity contribution in [2.45, 2.75) is 38.9 Å². The van der Waals surface area contributed by atoms with Gasteiger partial charge in [-0.1, -0.05) is 11.6 Å². The third-order valence-corrected chi connectivity index (χ3v) is 3.25. The van der Waals surface area contributed by atoms with Crippen LogP contribution >= 0.6 is 11.6 Å². The fraction of sp³-hybridized carbons (Fsp3) is 0.533. The van der Waals surface area contributed by atoms with Gasteiger partial charge < -0.3 is 19.5 Å². The maximum atomic E-state index is 12.0. The third-order valence-electron chi connectivity index (χ3n) is 3.01. The van der Waals surface area contributed by atoms with E-state index in [2.05, 4.69) is 0 Å². The van der Waals surface area contributed by atoms with Crippen LogP contribution in [0.25, 0.3) is 0 Å². The molecule has 0 aromatic heterocycles. The molecule has 1 aromatic carbocycles. The van der Waals surface area contributed by atoms with Gasteiger partial charge in [-0.2, -0.15) is 0 Å². The quantitative estimate of drug-likeness (QED) is 0.908. The number of amides is 1. The smallest absolute Gasteiger partial charge is 0.410 e. The molecule has 116 valence electrons. The van der Waals surface area contributed by atoms with Gasteiger partial charge in [-0.3, -0.25) is 0 Å². The van der Waals surface area contributed by atoms with Gasteiger partial charge in [-0.15, -0.1) is 0 Å². The molecule has 1 heterocycles. The van der Waals surface area contributed by atoms with E-state index in [9.17, 15) is 9.90 Å². The van der Waals surface area contributed by atoms with Crippen molar-refractivity contribution >= 4 is 17.7 Å². The maximum Gasteiger partial charge on any atom is 0.410 e. The van der Waals surface area contributed by atoms with Gasteiger partial charge in [-0.05, 0) is 32.9 Å². The minimum absolute atomic E-state index is 0.00165. The molecule has 21 heavy (non-hydrogen) atoms. The summed E-state index contributed by atoms with van der Waals surface area (Å²) < 4.78 is 11.0. The molecule has 0 radical (unpaired) electrons. The zero-order valence-electron chi connectivity index (χ0n) is 12.4. The summed E-state index contributed by atoms with van der Waals surface area (Å²) in [6, 6.07) is 4.70. The van der Waals surface area contributed by atoms with E-state index in [1.165, 1.54) is 6.07 Å². The van der Waals surface area contributed by atoms with Gasteiger partial charge in [0.1, 0.15) is 11.7 Å². The van der Waals surface area contributed by atoms with Crippen molar-refractivity contribution in [2.75, 3.05) is 13.1 Å². The number of nitrogens with zero attached hydrogens (tertiary/aromatic N) is 1. The monoisotopic (exact) mass is 313 g/mol. The maximum absolute atomic E-state index is 12.0. The first-order chi connectivity index (χ1) is 9.74. The largest absolute Gasteiger partial charge is 0.504 e. The summed E-state index contributed by atoms with van der Waals surface area (Å²) in [6.45, 7) is 6.52. The van der Waals surface area contributed by atoms with Crippen molar-refractivity contribution in [2.24, 2.45) is 0 Å². The predicted molar refractivity (Wildman–Crippen MR) is 80.0 cm³/mol. The molecule has 0 spiro atoms. The Hall–Kier alpha value is -1.62. The highest BCUT2D eigenvalue weighted by Gasteiger charge is 2.31. The van der Waals surface area contributed by atoms with Crippen LogP contribution in [0.1, 0.15) is 27.2 Å². The first kappa shape index (κ1) is 15.8. The molecule has 5 nitrogen and oxygen atoms in total. The average Bonchev–Trinajstić information content (AvgIpc) is 2.79. The first-order valence-corrected chi connectivity index (χ1v) is 7.25. The van der Waals surface area contributed by atoms with E-state index in [1.807, 2.05) is 20.8 Å².